The average Bonchev–Trinajstić information content (AvgIpc) is 2.63. The molecule has 1 heterocycles. The molecule has 138 valence electrons. The highest BCUT2D eigenvalue weighted by Crippen LogP contribution is 2.44. The van der Waals surface area contributed by atoms with Gasteiger partial charge in [-0.3, -0.25) is 4.90 Å². The molecule has 0 bridgehead atoms. The van der Waals surface area contributed by atoms with E-state index in [4.69, 9.17) is 4.74 Å². The number of piperazine rings is 1. The van der Waals surface area contributed by atoms with Crippen LogP contribution >= 0.6 is 12.4 Å². The van der Waals surface area contributed by atoms with Gasteiger partial charge in [0, 0.05) is 31.7 Å². The second-order valence-electron chi connectivity index (χ2n) is 6.01. The largest absolute Gasteiger partial charge is 0.496 e. The number of rotatable bonds is 5. The number of aliphatic hydroxyl groups excluding tert-OH is 1. The highest BCUT2D eigenvalue weighted by molar-refractivity contribution is 5.88. The molecule has 2 aromatic rings. The van der Waals surface area contributed by atoms with Gasteiger partial charge in [-0.1, -0.05) is 30.3 Å². The second-order valence-corrected chi connectivity index (χ2v) is 6.01. The van der Waals surface area contributed by atoms with E-state index in [1.807, 2.05) is 30.3 Å². The van der Waals surface area contributed by atoms with Gasteiger partial charge in [0.2, 0.25) is 0 Å². The number of nitrogens with one attached hydrogen (secondary N) is 1. The number of hydrogen-bond donors (Lipinski definition) is 2. The molecule has 1 atom stereocenters. The van der Waals surface area contributed by atoms with Crippen LogP contribution in [0.15, 0.2) is 36.4 Å². The van der Waals surface area contributed by atoms with Crippen LogP contribution in [0, 0.1) is 0 Å². The van der Waals surface area contributed by atoms with E-state index in [1.54, 1.807) is 11.0 Å². The zero-order valence-electron chi connectivity index (χ0n) is 14.0. The lowest BCUT2D eigenvalue weighted by atomic mass is 9.92. The van der Waals surface area contributed by atoms with Crippen molar-refractivity contribution in [3.05, 3.63) is 42.0 Å². The Balaban J connectivity index is 0.00000225. The summed E-state index contributed by atoms with van der Waals surface area (Å²) in [5, 5.41) is 14.1. The lowest BCUT2D eigenvalue weighted by molar-refractivity contribution is -0.118. The van der Waals surface area contributed by atoms with Crippen LogP contribution in [0.1, 0.15) is 11.6 Å². The number of ether oxygens (including phenoxy) is 1. The molecule has 0 unspecified atom stereocenters. The number of aliphatic hydroxyl groups is 1. The molecular formula is C18H23ClF2N2O2. The Kier molecular flexibility index (Phi) is 6.57. The van der Waals surface area contributed by atoms with Crippen LogP contribution in [0.5, 0.6) is 5.75 Å². The van der Waals surface area contributed by atoms with E-state index in [2.05, 4.69) is 5.32 Å². The molecule has 1 aliphatic heterocycles. The van der Waals surface area contributed by atoms with Crippen molar-refractivity contribution >= 4 is 23.2 Å². The molecule has 0 aromatic heterocycles. The van der Waals surface area contributed by atoms with Crippen molar-refractivity contribution in [2.24, 2.45) is 0 Å². The lowest BCUT2D eigenvalue weighted by Crippen LogP contribution is -2.51. The van der Waals surface area contributed by atoms with Crippen LogP contribution < -0.4 is 10.1 Å². The van der Waals surface area contributed by atoms with Gasteiger partial charge in [-0.25, -0.2) is 8.78 Å². The van der Waals surface area contributed by atoms with Crippen molar-refractivity contribution < 1.29 is 18.6 Å². The van der Waals surface area contributed by atoms with Crippen molar-refractivity contribution in [1.29, 1.82) is 0 Å². The van der Waals surface area contributed by atoms with E-state index in [9.17, 15) is 13.9 Å². The van der Waals surface area contributed by atoms with Gasteiger partial charge in [-0.15, -0.1) is 12.4 Å². The van der Waals surface area contributed by atoms with E-state index in [0.717, 1.165) is 10.8 Å². The summed E-state index contributed by atoms with van der Waals surface area (Å²) >= 11 is 0. The summed E-state index contributed by atoms with van der Waals surface area (Å²) in [7, 11) is 1.49. The monoisotopic (exact) mass is 372 g/mol. The summed E-state index contributed by atoms with van der Waals surface area (Å²) in [5.41, 5.74) is 0.441. The highest BCUT2D eigenvalue weighted by Gasteiger charge is 2.46. The van der Waals surface area contributed by atoms with Crippen molar-refractivity contribution in [3.63, 3.8) is 0 Å². The zero-order chi connectivity index (χ0) is 17.2. The molecule has 0 spiro atoms. The number of hydrogen-bond acceptors (Lipinski definition) is 4. The van der Waals surface area contributed by atoms with Crippen LogP contribution in [0.25, 0.3) is 10.8 Å². The molecule has 0 saturated carbocycles. The molecule has 1 fully saturated rings. The van der Waals surface area contributed by atoms with E-state index in [1.165, 1.54) is 7.11 Å². The first-order valence-corrected chi connectivity index (χ1v) is 8.07. The number of benzene rings is 2. The smallest absolute Gasteiger partial charge is 0.290 e. The summed E-state index contributed by atoms with van der Waals surface area (Å²) in [6, 6.07) is 9.79. The predicted molar refractivity (Wildman–Crippen MR) is 97.0 cm³/mol. The number of fused-ring (bicyclic) bond motifs is 1. The first-order valence-electron chi connectivity index (χ1n) is 8.07. The minimum absolute atomic E-state index is 0. The summed E-state index contributed by atoms with van der Waals surface area (Å²) in [6.45, 7) is 1.07. The number of halogens is 3. The van der Waals surface area contributed by atoms with Gasteiger partial charge in [-0.05, 0) is 16.8 Å². The molecule has 2 aromatic carbocycles. The summed E-state index contributed by atoms with van der Waals surface area (Å²) in [5.74, 6) is -2.85. The van der Waals surface area contributed by atoms with Gasteiger partial charge in [0.05, 0.1) is 7.11 Å². The third-order valence-corrected chi connectivity index (χ3v) is 4.55. The standard InChI is InChI=1S/C18H22F2N2O2.ClH/c1-24-15-7-6-13-4-2-3-5-14(13)16(15)17(18(19,20)12-23)22-10-8-21-9-11-22;/h2-7,17,21,23H,8-12H2,1H3;1H/t17-;/m1./s1. The fourth-order valence-electron chi connectivity index (χ4n) is 3.42. The van der Waals surface area contributed by atoms with E-state index < -0.39 is 18.6 Å². The van der Waals surface area contributed by atoms with Gasteiger partial charge in [-0.2, -0.15) is 0 Å². The van der Waals surface area contributed by atoms with Gasteiger partial charge >= 0.3 is 0 Å². The Bertz CT molecular complexity index is 709. The number of alkyl halides is 2. The quantitative estimate of drug-likeness (QED) is 0.847. The summed E-state index contributed by atoms with van der Waals surface area (Å²) in [6.07, 6.45) is 0. The normalized spacial score (nSPS) is 17.1. The van der Waals surface area contributed by atoms with E-state index in [-0.39, 0.29) is 12.4 Å². The van der Waals surface area contributed by atoms with Crippen LogP contribution in [0.2, 0.25) is 0 Å². The van der Waals surface area contributed by atoms with Gasteiger partial charge < -0.3 is 15.2 Å². The Morgan fingerprint density at radius 3 is 2.52 bits per heavy atom. The molecule has 2 N–H and O–H groups in total. The number of nitrogens with zero attached hydrogens (tertiary/aromatic N) is 1. The predicted octanol–water partition coefficient (Wildman–Crippen LogP) is 2.84. The Labute approximate surface area is 152 Å². The van der Waals surface area contributed by atoms with Crippen molar-refractivity contribution in [2.45, 2.75) is 12.0 Å². The first kappa shape index (κ1) is 19.8. The minimum Gasteiger partial charge on any atom is -0.496 e. The molecule has 0 radical (unpaired) electrons. The third kappa shape index (κ3) is 3.87. The maximum Gasteiger partial charge on any atom is 0.290 e. The molecule has 3 rings (SSSR count). The van der Waals surface area contributed by atoms with Crippen molar-refractivity contribution in [3.8, 4) is 5.75 Å². The van der Waals surface area contributed by atoms with Crippen molar-refractivity contribution in [2.75, 3.05) is 39.9 Å². The van der Waals surface area contributed by atoms with Crippen LogP contribution in [0.3, 0.4) is 0 Å². The third-order valence-electron chi connectivity index (χ3n) is 4.55. The SMILES string of the molecule is COc1ccc2ccccc2c1[C@@H](N1CCNCC1)C(F)(F)CO.Cl. The zero-order valence-corrected chi connectivity index (χ0v) is 14.9. The van der Waals surface area contributed by atoms with Gasteiger partial charge in [0.15, 0.2) is 0 Å². The first-order chi connectivity index (χ1) is 11.6. The molecule has 25 heavy (non-hydrogen) atoms. The molecular weight excluding hydrogens is 350 g/mol. The fraction of sp³-hybridized carbons (Fsp3) is 0.444. The van der Waals surface area contributed by atoms with Crippen LogP contribution in [-0.4, -0.2) is 55.8 Å². The second kappa shape index (κ2) is 8.27. The minimum atomic E-state index is -3.27. The Hall–Kier alpha value is -1.47. The van der Waals surface area contributed by atoms with E-state index >= 15 is 0 Å². The lowest BCUT2D eigenvalue weighted by Gasteiger charge is -2.39. The molecule has 1 aliphatic rings. The van der Waals surface area contributed by atoms with E-state index in [0.29, 0.717) is 37.5 Å². The van der Waals surface area contributed by atoms with Gasteiger partial charge in [0.25, 0.3) is 5.92 Å². The summed E-state index contributed by atoms with van der Waals surface area (Å²) < 4.78 is 34.9. The molecule has 4 nitrogen and oxygen atoms in total. The van der Waals surface area contributed by atoms with Gasteiger partial charge in [0.1, 0.15) is 18.4 Å². The van der Waals surface area contributed by atoms with Crippen LogP contribution in [0.4, 0.5) is 8.78 Å². The molecule has 1 saturated heterocycles. The molecule has 0 amide bonds. The fourth-order valence-corrected chi connectivity index (χ4v) is 3.42. The molecule has 0 aliphatic carbocycles. The molecule has 7 heteroatoms. The summed E-state index contributed by atoms with van der Waals surface area (Å²) in [4.78, 5) is 1.73. The maximum absolute atomic E-state index is 14.8. The Morgan fingerprint density at radius 1 is 1.20 bits per heavy atom. The topological polar surface area (TPSA) is 44.7 Å². The van der Waals surface area contributed by atoms with Crippen LogP contribution in [-0.2, 0) is 0 Å². The van der Waals surface area contributed by atoms with Crippen molar-refractivity contribution in [1.82, 2.24) is 10.2 Å². The number of methoxy groups -OCH3 is 1. The average molecular weight is 373 g/mol. The Morgan fingerprint density at radius 2 is 1.88 bits per heavy atom. The maximum atomic E-state index is 14.8. The highest BCUT2D eigenvalue weighted by atomic mass is 35.5.